The summed E-state index contributed by atoms with van der Waals surface area (Å²) in [5, 5.41) is 13.7. The van der Waals surface area contributed by atoms with E-state index in [1.54, 1.807) is 26.4 Å². The number of benzene rings is 2. The van der Waals surface area contributed by atoms with Crippen LogP contribution in [0.2, 0.25) is 5.02 Å². The van der Waals surface area contributed by atoms with Gasteiger partial charge in [0.25, 0.3) is 0 Å². The Morgan fingerprint density at radius 1 is 1.14 bits per heavy atom. The molecular formula is C16H18ClNO3. The zero-order valence-corrected chi connectivity index (χ0v) is 13.0. The Kier molecular flexibility index (Phi) is 4.81. The number of rotatable bonds is 5. The standard InChI is InChI=1S/C16H18ClNO3/c1-10-5-4-6-11(16(10)19)9-18-13-7-12(17)14(20-2)8-15(13)21-3/h4-8,18-19H,9H2,1-3H3. The Bertz CT molecular complexity index is 644. The van der Waals surface area contributed by atoms with Gasteiger partial charge in [-0.2, -0.15) is 0 Å². The lowest BCUT2D eigenvalue weighted by atomic mass is 10.1. The quantitative estimate of drug-likeness (QED) is 0.877. The van der Waals surface area contributed by atoms with Crippen molar-refractivity contribution in [1.82, 2.24) is 0 Å². The highest BCUT2D eigenvalue weighted by Crippen LogP contribution is 2.36. The molecule has 0 heterocycles. The van der Waals surface area contributed by atoms with E-state index >= 15 is 0 Å². The van der Waals surface area contributed by atoms with E-state index in [1.165, 1.54) is 0 Å². The number of aromatic hydroxyl groups is 1. The molecule has 0 atom stereocenters. The number of phenolic OH excluding ortho intramolecular Hbond substituents is 1. The third-order valence-corrected chi connectivity index (χ3v) is 3.56. The molecule has 0 spiro atoms. The highest BCUT2D eigenvalue weighted by Gasteiger charge is 2.11. The molecule has 2 N–H and O–H groups in total. The van der Waals surface area contributed by atoms with Gasteiger partial charge in [0.05, 0.1) is 24.9 Å². The molecule has 0 aliphatic carbocycles. The zero-order valence-electron chi connectivity index (χ0n) is 12.2. The summed E-state index contributed by atoms with van der Waals surface area (Å²) >= 11 is 6.13. The Hall–Kier alpha value is -2.07. The molecule has 0 radical (unpaired) electrons. The fraction of sp³-hybridized carbons (Fsp3) is 0.250. The van der Waals surface area contributed by atoms with Crippen molar-refractivity contribution in [2.24, 2.45) is 0 Å². The molecule has 0 saturated carbocycles. The molecule has 0 aliphatic rings. The van der Waals surface area contributed by atoms with Gasteiger partial charge in [0.2, 0.25) is 0 Å². The molecule has 5 heteroatoms. The minimum atomic E-state index is 0.295. The Labute approximate surface area is 129 Å². The molecule has 112 valence electrons. The van der Waals surface area contributed by atoms with E-state index in [1.807, 2.05) is 25.1 Å². The van der Waals surface area contributed by atoms with E-state index in [2.05, 4.69) is 5.32 Å². The van der Waals surface area contributed by atoms with Crippen LogP contribution in [0.3, 0.4) is 0 Å². The number of hydrogen-bond donors (Lipinski definition) is 2. The predicted molar refractivity (Wildman–Crippen MR) is 84.7 cm³/mol. The second-order valence-corrected chi connectivity index (χ2v) is 5.03. The first-order valence-corrected chi connectivity index (χ1v) is 6.87. The SMILES string of the molecule is COc1cc(OC)c(NCc2cccc(C)c2O)cc1Cl. The first kappa shape index (κ1) is 15.3. The summed E-state index contributed by atoms with van der Waals surface area (Å²) in [6, 6.07) is 9.10. The molecule has 4 nitrogen and oxygen atoms in total. The van der Waals surface area contributed by atoms with E-state index in [0.29, 0.717) is 28.8 Å². The molecule has 0 aliphatic heterocycles. The summed E-state index contributed by atoms with van der Waals surface area (Å²) in [6.07, 6.45) is 0. The number of halogens is 1. The lowest BCUT2D eigenvalue weighted by Gasteiger charge is -2.14. The summed E-state index contributed by atoms with van der Waals surface area (Å²) in [5.74, 6) is 1.48. The fourth-order valence-electron chi connectivity index (χ4n) is 2.05. The van der Waals surface area contributed by atoms with Crippen molar-refractivity contribution in [2.45, 2.75) is 13.5 Å². The largest absolute Gasteiger partial charge is 0.507 e. The van der Waals surface area contributed by atoms with Crippen LogP contribution in [0.5, 0.6) is 17.2 Å². The van der Waals surface area contributed by atoms with Crippen molar-refractivity contribution in [3.05, 3.63) is 46.5 Å². The van der Waals surface area contributed by atoms with Crippen LogP contribution in [-0.4, -0.2) is 19.3 Å². The predicted octanol–water partition coefficient (Wildman–Crippen LogP) is 3.98. The van der Waals surface area contributed by atoms with E-state index in [4.69, 9.17) is 21.1 Å². The summed E-state index contributed by atoms with van der Waals surface area (Å²) in [7, 11) is 3.14. The summed E-state index contributed by atoms with van der Waals surface area (Å²) in [6.45, 7) is 2.33. The molecular weight excluding hydrogens is 290 g/mol. The number of hydrogen-bond acceptors (Lipinski definition) is 4. The van der Waals surface area contributed by atoms with Gasteiger partial charge in [-0.15, -0.1) is 0 Å². The van der Waals surface area contributed by atoms with Crippen molar-refractivity contribution in [3.8, 4) is 17.2 Å². The van der Waals surface area contributed by atoms with Crippen LogP contribution in [0.15, 0.2) is 30.3 Å². The lowest BCUT2D eigenvalue weighted by Crippen LogP contribution is -2.02. The average molecular weight is 308 g/mol. The van der Waals surface area contributed by atoms with Crippen molar-refractivity contribution in [1.29, 1.82) is 0 Å². The number of phenols is 1. The number of nitrogens with one attached hydrogen (secondary N) is 1. The summed E-state index contributed by atoms with van der Waals surface area (Å²) in [4.78, 5) is 0. The monoisotopic (exact) mass is 307 g/mol. The van der Waals surface area contributed by atoms with Gasteiger partial charge >= 0.3 is 0 Å². The molecule has 0 saturated heterocycles. The Morgan fingerprint density at radius 2 is 1.86 bits per heavy atom. The number of methoxy groups -OCH3 is 2. The highest BCUT2D eigenvalue weighted by atomic mass is 35.5. The molecule has 0 unspecified atom stereocenters. The number of anilines is 1. The maximum Gasteiger partial charge on any atom is 0.145 e. The highest BCUT2D eigenvalue weighted by molar-refractivity contribution is 6.32. The number of para-hydroxylation sites is 1. The first-order valence-electron chi connectivity index (χ1n) is 6.49. The van der Waals surface area contributed by atoms with Gasteiger partial charge in [-0.1, -0.05) is 29.8 Å². The second-order valence-electron chi connectivity index (χ2n) is 4.62. The molecule has 2 rings (SSSR count). The first-order chi connectivity index (χ1) is 10.1. The molecule has 0 bridgehead atoms. The van der Waals surface area contributed by atoms with Gasteiger partial charge in [0, 0.05) is 18.2 Å². The fourth-order valence-corrected chi connectivity index (χ4v) is 2.29. The summed E-state index contributed by atoms with van der Waals surface area (Å²) in [5.41, 5.74) is 2.39. The normalized spacial score (nSPS) is 10.3. The van der Waals surface area contributed by atoms with Crippen LogP contribution in [-0.2, 0) is 6.54 Å². The molecule has 2 aromatic rings. The van der Waals surface area contributed by atoms with Crippen molar-refractivity contribution in [3.63, 3.8) is 0 Å². The molecule has 21 heavy (non-hydrogen) atoms. The number of aryl methyl sites for hydroxylation is 1. The van der Waals surface area contributed by atoms with E-state index in [9.17, 15) is 5.11 Å². The summed E-state index contributed by atoms with van der Waals surface area (Å²) < 4.78 is 10.5. The van der Waals surface area contributed by atoms with Crippen LogP contribution in [0.25, 0.3) is 0 Å². The lowest BCUT2D eigenvalue weighted by molar-refractivity contribution is 0.395. The minimum absolute atomic E-state index is 0.295. The van der Waals surface area contributed by atoms with Crippen molar-refractivity contribution < 1.29 is 14.6 Å². The van der Waals surface area contributed by atoms with Gasteiger partial charge in [-0.3, -0.25) is 0 Å². The van der Waals surface area contributed by atoms with Gasteiger partial charge in [-0.05, 0) is 18.6 Å². The third kappa shape index (κ3) is 3.34. The molecule has 0 fully saturated rings. The van der Waals surface area contributed by atoms with Gasteiger partial charge < -0.3 is 19.9 Å². The Balaban J connectivity index is 2.23. The van der Waals surface area contributed by atoms with Gasteiger partial charge in [0.15, 0.2) is 0 Å². The van der Waals surface area contributed by atoms with Crippen LogP contribution < -0.4 is 14.8 Å². The van der Waals surface area contributed by atoms with E-state index in [0.717, 1.165) is 16.8 Å². The van der Waals surface area contributed by atoms with E-state index in [-0.39, 0.29) is 0 Å². The molecule has 0 amide bonds. The smallest absolute Gasteiger partial charge is 0.145 e. The zero-order chi connectivity index (χ0) is 15.4. The van der Waals surface area contributed by atoms with Crippen molar-refractivity contribution in [2.75, 3.05) is 19.5 Å². The maximum absolute atomic E-state index is 10.0. The van der Waals surface area contributed by atoms with Crippen LogP contribution in [0, 0.1) is 6.92 Å². The van der Waals surface area contributed by atoms with Crippen LogP contribution in [0.4, 0.5) is 5.69 Å². The van der Waals surface area contributed by atoms with Crippen LogP contribution >= 0.6 is 11.6 Å². The average Bonchev–Trinajstić information content (AvgIpc) is 2.49. The van der Waals surface area contributed by atoms with Gasteiger partial charge in [0.1, 0.15) is 17.2 Å². The Morgan fingerprint density at radius 3 is 2.52 bits per heavy atom. The van der Waals surface area contributed by atoms with Crippen molar-refractivity contribution >= 4 is 17.3 Å². The maximum atomic E-state index is 10.0. The minimum Gasteiger partial charge on any atom is -0.507 e. The van der Waals surface area contributed by atoms with E-state index < -0.39 is 0 Å². The topological polar surface area (TPSA) is 50.7 Å². The van der Waals surface area contributed by atoms with Gasteiger partial charge in [-0.25, -0.2) is 0 Å². The molecule has 2 aromatic carbocycles. The molecule has 0 aromatic heterocycles. The van der Waals surface area contributed by atoms with Crippen LogP contribution in [0.1, 0.15) is 11.1 Å². The third-order valence-electron chi connectivity index (χ3n) is 3.26. The second kappa shape index (κ2) is 6.59. The number of ether oxygens (including phenoxy) is 2.